The molecule has 136 valence electrons. The fraction of sp³-hybridized carbons (Fsp3) is 0.625. The Labute approximate surface area is 143 Å². The van der Waals surface area contributed by atoms with E-state index in [9.17, 15) is 4.79 Å². The molecule has 1 aromatic heterocycles. The summed E-state index contributed by atoms with van der Waals surface area (Å²) in [6.45, 7) is 15.4. The summed E-state index contributed by atoms with van der Waals surface area (Å²) in [4.78, 5) is 20.4. The molecule has 1 aromatic rings. The lowest BCUT2D eigenvalue weighted by atomic mass is 10.2. The third kappa shape index (κ3) is 9.60. The molecule has 1 heterocycles. The molecule has 24 heavy (non-hydrogen) atoms. The van der Waals surface area contributed by atoms with Crippen LogP contribution in [0.3, 0.4) is 0 Å². The fourth-order valence-corrected chi connectivity index (χ4v) is 1.43. The average Bonchev–Trinajstić information content (AvgIpc) is 2.99. The van der Waals surface area contributed by atoms with E-state index >= 15 is 0 Å². The second-order valence-corrected chi connectivity index (χ2v) is 5.35. The fourth-order valence-electron chi connectivity index (χ4n) is 1.43. The Morgan fingerprint density at radius 1 is 1.33 bits per heavy atom. The number of allylic oxidation sites excluding steroid dienone is 1. The number of carbonyl (C=O) groups is 1. The number of hydrogen-bond acceptors (Lipinski definition) is 7. The second kappa shape index (κ2) is 11.2. The first kappa shape index (κ1) is 21.6. The van der Waals surface area contributed by atoms with Gasteiger partial charge in [0.15, 0.2) is 0 Å². The predicted octanol–water partition coefficient (Wildman–Crippen LogP) is 2.57. The molecule has 0 fully saturated rings. The maximum Gasteiger partial charge on any atom is 0.347 e. The summed E-state index contributed by atoms with van der Waals surface area (Å²) in [5.41, 5.74) is -0.154. The molecule has 1 rings (SSSR count). The summed E-state index contributed by atoms with van der Waals surface area (Å²) >= 11 is 0. The van der Waals surface area contributed by atoms with Gasteiger partial charge in [0.05, 0.1) is 13.2 Å². The molecular formula is C16H28N4O4. The first-order valence-electron chi connectivity index (χ1n) is 7.87. The van der Waals surface area contributed by atoms with Crippen LogP contribution in [0.25, 0.3) is 0 Å². The maximum absolute atomic E-state index is 11.6. The summed E-state index contributed by atoms with van der Waals surface area (Å²) < 4.78 is 12.0. The highest BCUT2D eigenvalue weighted by Gasteiger charge is 2.17. The van der Waals surface area contributed by atoms with E-state index in [4.69, 9.17) is 14.3 Å². The number of oxime groups is 1. The van der Waals surface area contributed by atoms with Crippen molar-refractivity contribution in [3.05, 3.63) is 25.0 Å². The van der Waals surface area contributed by atoms with Gasteiger partial charge in [0, 0.05) is 0 Å². The number of aromatic nitrogens is 3. The van der Waals surface area contributed by atoms with Crippen LogP contribution in [0.15, 0.2) is 30.1 Å². The van der Waals surface area contributed by atoms with Crippen LogP contribution >= 0.6 is 0 Å². The molecule has 0 atom stereocenters. The van der Waals surface area contributed by atoms with Crippen molar-refractivity contribution in [2.45, 2.75) is 53.7 Å². The quantitative estimate of drug-likeness (QED) is 0.313. The van der Waals surface area contributed by atoms with Crippen LogP contribution in [0.5, 0.6) is 0 Å². The number of hydrogen-bond donors (Lipinski definition) is 0. The molecule has 8 heteroatoms. The third-order valence-corrected chi connectivity index (χ3v) is 2.20. The van der Waals surface area contributed by atoms with E-state index in [1.807, 2.05) is 20.8 Å². The standard InChI is InChI=1S/C14H22N4O4.C2H6/c1-6-20-11(2)12(7-18-10-15-9-16-18)17-21-8-13(19)22-14(3,4)5;1-2/h9-10H,2,6-8H2,1,3-5H3;1-2H3/b17-12-;. The first-order chi connectivity index (χ1) is 11.3. The highest BCUT2D eigenvalue weighted by atomic mass is 16.7. The second-order valence-electron chi connectivity index (χ2n) is 5.35. The Kier molecular flexibility index (Phi) is 10.1. The van der Waals surface area contributed by atoms with E-state index in [-0.39, 0.29) is 13.2 Å². The highest BCUT2D eigenvalue weighted by Crippen LogP contribution is 2.07. The molecule has 0 bridgehead atoms. The molecule has 0 spiro atoms. The van der Waals surface area contributed by atoms with E-state index in [2.05, 4.69) is 21.8 Å². The van der Waals surface area contributed by atoms with Crippen molar-refractivity contribution in [1.82, 2.24) is 14.8 Å². The van der Waals surface area contributed by atoms with Gasteiger partial charge in [-0.15, -0.1) is 0 Å². The van der Waals surface area contributed by atoms with Crippen LogP contribution in [0.1, 0.15) is 41.5 Å². The van der Waals surface area contributed by atoms with Crippen molar-refractivity contribution in [2.75, 3.05) is 13.2 Å². The summed E-state index contributed by atoms with van der Waals surface area (Å²) in [5.74, 6) is -0.152. The molecule has 0 aromatic carbocycles. The van der Waals surface area contributed by atoms with Gasteiger partial charge in [0.25, 0.3) is 0 Å². The molecular weight excluding hydrogens is 312 g/mol. The van der Waals surface area contributed by atoms with Crippen LogP contribution in [0.2, 0.25) is 0 Å². The monoisotopic (exact) mass is 340 g/mol. The lowest BCUT2D eigenvalue weighted by Crippen LogP contribution is -2.26. The predicted molar refractivity (Wildman–Crippen MR) is 91.4 cm³/mol. The van der Waals surface area contributed by atoms with Crippen molar-refractivity contribution in [3.8, 4) is 0 Å². The molecule has 0 unspecified atom stereocenters. The molecule has 0 aliphatic heterocycles. The van der Waals surface area contributed by atoms with Crippen LogP contribution < -0.4 is 0 Å². The Morgan fingerprint density at radius 2 is 2.00 bits per heavy atom. The van der Waals surface area contributed by atoms with E-state index in [0.29, 0.717) is 18.1 Å². The number of esters is 1. The molecule has 0 radical (unpaired) electrons. The minimum atomic E-state index is -0.567. The van der Waals surface area contributed by atoms with Gasteiger partial charge in [0.2, 0.25) is 6.61 Å². The van der Waals surface area contributed by atoms with Crippen molar-refractivity contribution in [3.63, 3.8) is 0 Å². The summed E-state index contributed by atoms with van der Waals surface area (Å²) in [7, 11) is 0. The summed E-state index contributed by atoms with van der Waals surface area (Å²) in [5, 5.41) is 7.86. The Bertz CT molecular complexity index is 519. The molecule has 0 amide bonds. The van der Waals surface area contributed by atoms with Crippen LogP contribution in [0, 0.1) is 0 Å². The van der Waals surface area contributed by atoms with Gasteiger partial charge < -0.3 is 14.3 Å². The molecule has 0 N–H and O–H groups in total. The molecule has 0 saturated carbocycles. The average molecular weight is 340 g/mol. The van der Waals surface area contributed by atoms with Crippen molar-refractivity contribution >= 4 is 11.7 Å². The zero-order valence-corrected chi connectivity index (χ0v) is 15.4. The summed E-state index contributed by atoms with van der Waals surface area (Å²) in [6.07, 6.45) is 2.94. The van der Waals surface area contributed by atoms with Gasteiger partial charge in [-0.2, -0.15) is 5.10 Å². The van der Waals surface area contributed by atoms with Gasteiger partial charge in [0.1, 0.15) is 29.7 Å². The van der Waals surface area contributed by atoms with E-state index in [1.54, 1.807) is 25.5 Å². The lowest BCUT2D eigenvalue weighted by Gasteiger charge is -2.18. The zero-order valence-electron chi connectivity index (χ0n) is 15.4. The Balaban J connectivity index is 0.00000254. The lowest BCUT2D eigenvalue weighted by molar-refractivity contribution is -0.160. The first-order valence-corrected chi connectivity index (χ1v) is 7.87. The SMILES string of the molecule is C=C(OCC)/C(Cn1cncn1)=N\OCC(=O)OC(C)(C)C.CC. The third-order valence-electron chi connectivity index (χ3n) is 2.20. The van der Waals surface area contributed by atoms with E-state index < -0.39 is 11.6 Å². The molecule has 0 aliphatic rings. The van der Waals surface area contributed by atoms with E-state index in [1.165, 1.54) is 12.7 Å². The van der Waals surface area contributed by atoms with Crippen LogP contribution in [-0.2, 0) is 25.7 Å². The summed E-state index contributed by atoms with van der Waals surface area (Å²) in [6, 6.07) is 0. The number of carbonyl (C=O) groups excluding carboxylic acids is 1. The minimum Gasteiger partial charge on any atom is -0.492 e. The van der Waals surface area contributed by atoms with Gasteiger partial charge in [-0.1, -0.05) is 25.6 Å². The molecule has 8 nitrogen and oxygen atoms in total. The largest absolute Gasteiger partial charge is 0.492 e. The Morgan fingerprint density at radius 3 is 2.50 bits per heavy atom. The smallest absolute Gasteiger partial charge is 0.347 e. The van der Waals surface area contributed by atoms with Gasteiger partial charge in [-0.25, -0.2) is 14.5 Å². The number of ether oxygens (including phenoxy) is 2. The van der Waals surface area contributed by atoms with E-state index in [0.717, 1.165) is 0 Å². The van der Waals surface area contributed by atoms with Crippen molar-refractivity contribution in [1.29, 1.82) is 0 Å². The van der Waals surface area contributed by atoms with Crippen LogP contribution in [-0.4, -0.2) is 45.3 Å². The zero-order chi connectivity index (χ0) is 18.6. The number of rotatable bonds is 8. The number of nitrogens with zero attached hydrogens (tertiary/aromatic N) is 4. The van der Waals surface area contributed by atoms with Crippen molar-refractivity contribution < 1.29 is 19.1 Å². The molecule has 0 saturated heterocycles. The van der Waals surface area contributed by atoms with Crippen LogP contribution in [0.4, 0.5) is 0 Å². The highest BCUT2D eigenvalue weighted by molar-refractivity contribution is 5.97. The minimum absolute atomic E-state index is 0.271. The van der Waals surface area contributed by atoms with Gasteiger partial charge in [-0.05, 0) is 27.7 Å². The molecule has 0 aliphatic carbocycles. The maximum atomic E-state index is 11.6. The normalized spacial score (nSPS) is 11.2. The van der Waals surface area contributed by atoms with Gasteiger partial charge in [-0.3, -0.25) is 0 Å². The van der Waals surface area contributed by atoms with Crippen molar-refractivity contribution in [2.24, 2.45) is 5.16 Å². The van der Waals surface area contributed by atoms with Gasteiger partial charge >= 0.3 is 5.97 Å². The Hall–Kier alpha value is -2.38. The topological polar surface area (TPSA) is 87.8 Å².